The van der Waals surface area contributed by atoms with Crippen LogP contribution in [-0.4, -0.2) is 61.5 Å². The number of nitrogens with two attached hydrogens (primary N) is 1. The molecule has 152 valence electrons. The van der Waals surface area contributed by atoms with E-state index in [1.807, 2.05) is 0 Å². The lowest BCUT2D eigenvalue weighted by atomic mass is 10.1. The highest BCUT2D eigenvalue weighted by atomic mass is 19.2. The lowest BCUT2D eigenvalue weighted by Crippen LogP contribution is -2.46. The van der Waals surface area contributed by atoms with Crippen molar-refractivity contribution >= 4 is 5.97 Å². The van der Waals surface area contributed by atoms with Gasteiger partial charge >= 0.3 is 11.7 Å². The van der Waals surface area contributed by atoms with Gasteiger partial charge in [0.05, 0.1) is 16.3 Å². The zero-order valence-corrected chi connectivity index (χ0v) is 14.4. The Morgan fingerprint density at radius 2 is 2.22 bits per heavy atom. The molecule has 0 spiro atoms. The smallest absolute Gasteiger partial charge is 0.330 e. The second-order valence-corrected chi connectivity index (χ2v) is 6.21. The number of carbonyl (C=O) groups excluding carboxylic acids is 1. The molecule has 1 fully saturated rings. The summed E-state index contributed by atoms with van der Waals surface area (Å²) in [7, 11) is 0. The predicted octanol–water partition coefficient (Wildman–Crippen LogP) is -2.53. The summed E-state index contributed by atoms with van der Waals surface area (Å²) in [5, 5.41) is 29.5. The molecule has 1 aliphatic heterocycles. The van der Waals surface area contributed by atoms with Gasteiger partial charge in [0.1, 0.15) is 18.2 Å². The van der Waals surface area contributed by atoms with E-state index in [0.29, 0.717) is 6.20 Å². The third kappa shape index (κ3) is 4.09. The van der Waals surface area contributed by atoms with Crippen LogP contribution in [0.3, 0.4) is 0 Å². The SMILES string of the molecule is [2H]C([2H])(OC(=O)[C@@H](N)C(C)C)[C@@]1(F)O[C@@]([2H])(n2cc(CO)c(=O)[nH]c2=O)[C@H](O)[C@@H]1O. The van der Waals surface area contributed by atoms with Gasteiger partial charge in [-0.15, -0.1) is 0 Å². The van der Waals surface area contributed by atoms with Gasteiger partial charge in [-0.3, -0.25) is 19.1 Å². The number of ether oxygens (including phenoxy) is 2. The highest BCUT2D eigenvalue weighted by Gasteiger charge is 2.57. The molecule has 0 radical (unpaired) electrons. The van der Waals surface area contributed by atoms with Gasteiger partial charge < -0.3 is 30.5 Å². The number of alkyl halides is 1. The van der Waals surface area contributed by atoms with Crippen molar-refractivity contribution in [2.75, 3.05) is 6.56 Å². The van der Waals surface area contributed by atoms with Gasteiger partial charge in [-0.05, 0) is 5.92 Å². The van der Waals surface area contributed by atoms with E-state index < -0.39 is 72.2 Å². The molecule has 6 N–H and O–H groups in total. The van der Waals surface area contributed by atoms with Crippen LogP contribution in [0.2, 0.25) is 0 Å². The minimum absolute atomic E-state index is 0.146. The van der Waals surface area contributed by atoms with Crippen molar-refractivity contribution in [3.05, 3.63) is 32.6 Å². The quantitative estimate of drug-likeness (QED) is 0.326. The number of aromatic nitrogens is 2. The minimum atomic E-state index is -4.02. The van der Waals surface area contributed by atoms with E-state index in [4.69, 9.17) is 15.0 Å². The highest BCUT2D eigenvalue weighted by molar-refractivity contribution is 5.75. The Bertz CT molecular complexity index is 940. The molecule has 0 unspecified atom stereocenters. The van der Waals surface area contributed by atoms with Crippen LogP contribution in [0.15, 0.2) is 15.8 Å². The highest BCUT2D eigenvalue weighted by Crippen LogP contribution is 2.38. The summed E-state index contributed by atoms with van der Waals surface area (Å²) in [6.07, 6.45) is -8.04. The van der Waals surface area contributed by atoms with E-state index in [-0.39, 0.29) is 4.57 Å². The fourth-order valence-electron chi connectivity index (χ4n) is 2.13. The first-order chi connectivity index (χ1) is 13.6. The zero-order valence-electron chi connectivity index (χ0n) is 17.4. The topological polar surface area (TPSA) is 177 Å². The van der Waals surface area contributed by atoms with Crippen LogP contribution in [0.4, 0.5) is 4.39 Å². The average Bonchev–Trinajstić information content (AvgIpc) is 2.82. The van der Waals surface area contributed by atoms with Gasteiger partial charge in [-0.2, -0.15) is 0 Å². The molecule has 0 bridgehead atoms. The molecule has 2 rings (SSSR count). The number of carbonyl (C=O) groups is 1. The van der Waals surface area contributed by atoms with Crippen molar-refractivity contribution in [3.8, 4) is 0 Å². The van der Waals surface area contributed by atoms with E-state index in [0.717, 1.165) is 0 Å². The van der Waals surface area contributed by atoms with Crippen LogP contribution in [0, 0.1) is 5.92 Å². The minimum Gasteiger partial charge on any atom is -0.458 e. The average molecular weight is 394 g/mol. The Kier molecular flexibility index (Phi) is 4.95. The predicted molar refractivity (Wildman–Crippen MR) is 87.0 cm³/mol. The number of aliphatic hydroxyl groups excluding tert-OH is 3. The van der Waals surface area contributed by atoms with E-state index in [2.05, 4.69) is 9.47 Å². The molecule has 12 heteroatoms. The first-order valence-electron chi connectivity index (χ1n) is 9.32. The Labute approximate surface area is 156 Å². The fourth-order valence-corrected chi connectivity index (χ4v) is 2.13. The van der Waals surface area contributed by atoms with Gasteiger partial charge in [0.2, 0.25) is 0 Å². The third-order valence-electron chi connectivity index (χ3n) is 3.89. The van der Waals surface area contributed by atoms with Crippen LogP contribution < -0.4 is 17.0 Å². The summed E-state index contributed by atoms with van der Waals surface area (Å²) in [5.74, 6) is -5.92. The standard InChI is InChI=1S/C15H22FN3O8/c1-6(2)8(17)13(24)26-5-15(16)10(22)9(21)12(27-15)19-3-7(4-20)11(23)18-14(19)25/h3,6,8-10,12,20-22H,4-5,17H2,1-2H3,(H,18,23,25)/t8-,9+,10-,12+,15+/m0/s1/i5D2,12D. The maximum atomic E-state index is 15.5. The van der Waals surface area contributed by atoms with Crippen molar-refractivity contribution in [3.63, 3.8) is 0 Å². The molecule has 0 saturated carbocycles. The number of esters is 1. The van der Waals surface area contributed by atoms with Crippen LogP contribution in [0.25, 0.3) is 0 Å². The number of aromatic amines is 1. The molecule has 2 heterocycles. The van der Waals surface area contributed by atoms with Gasteiger partial charge in [0.15, 0.2) is 12.8 Å². The normalized spacial score (nSPS) is 34.0. The van der Waals surface area contributed by atoms with Crippen molar-refractivity contribution in [2.45, 2.75) is 50.8 Å². The van der Waals surface area contributed by atoms with E-state index in [1.54, 1.807) is 4.98 Å². The number of nitrogens with zero attached hydrogens (tertiary/aromatic N) is 1. The van der Waals surface area contributed by atoms with Gasteiger partial charge in [-0.25, -0.2) is 9.18 Å². The van der Waals surface area contributed by atoms with Crippen molar-refractivity contribution in [1.82, 2.24) is 9.55 Å². The Hall–Kier alpha value is -2.12. The zero-order chi connectivity index (χ0) is 23.2. The third-order valence-corrected chi connectivity index (χ3v) is 3.89. The lowest BCUT2D eigenvalue weighted by molar-refractivity contribution is -0.217. The summed E-state index contributed by atoms with van der Waals surface area (Å²) in [6.45, 7) is -1.65. The molecule has 0 aromatic carbocycles. The Morgan fingerprint density at radius 1 is 1.59 bits per heavy atom. The lowest BCUT2D eigenvalue weighted by Gasteiger charge is -2.24. The summed E-state index contributed by atoms with van der Waals surface area (Å²) >= 11 is 0. The summed E-state index contributed by atoms with van der Waals surface area (Å²) in [4.78, 5) is 37.3. The maximum Gasteiger partial charge on any atom is 0.330 e. The Balaban J connectivity index is 2.50. The van der Waals surface area contributed by atoms with Gasteiger partial charge in [0, 0.05) is 6.20 Å². The largest absolute Gasteiger partial charge is 0.458 e. The molecule has 1 aliphatic rings. The van der Waals surface area contributed by atoms with Crippen LogP contribution in [0.1, 0.15) is 29.7 Å². The first-order valence-corrected chi connectivity index (χ1v) is 7.82. The number of H-pyrrole nitrogens is 1. The van der Waals surface area contributed by atoms with Crippen LogP contribution >= 0.6 is 0 Å². The number of halogens is 1. The number of hydrogen-bond donors (Lipinski definition) is 5. The molecular weight excluding hydrogens is 369 g/mol. The van der Waals surface area contributed by atoms with Gasteiger partial charge in [0.25, 0.3) is 11.4 Å². The summed E-state index contributed by atoms with van der Waals surface area (Å²) in [5.41, 5.74) is 2.63. The first kappa shape index (κ1) is 17.0. The molecule has 0 aliphatic carbocycles. The number of aliphatic hydroxyl groups is 3. The van der Waals surface area contributed by atoms with Crippen LogP contribution in [0.5, 0.6) is 0 Å². The monoisotopic (exact) mass is 394 g/mol. The second kappa shape index (κ2) is 7.86. The molecule has 11 nitrogen and oxygen atoms in total. The molecule has 0 amide bonds. The second-order valence-electron chi connectivity index (χ2n) is 6.21. The van der Waals surface area contributed by atoms with Crippen molar-refractivity contribution < 1.29 is 38.1 Å². The van der Waals surface area contributed by atoms with Gasteiger partial charge in [-0.1, -0.05) is 13.8 Å². The molecule has 1 saturated heterocycles. The fraction of sp³-hybridized carbons (Fsp3) is 0.667. The number of nitrogens with one attached hydrogen (secondary N) is 1. The van der Waals surface area contributed by atoms with Crippen molar-refractivity contribution in [2.24, 2.45) is 11.7 Å². The van der Waals surface area contributed by atoms with E-state index >= 15 is 4.39 Å². The van der Waals surface area contributed by atoms with E-state index in [9.17, 15) is 24.6 Å². The summed E-state index contributed by atoms with van der Waals surface area (Å²) in [6, 6.07) is -1.36. The summed E-state index contributed by atoms with van der Waals surface area (Å²) < 4.78 is 48.3. The molecular formula is C15H22FN3O8. The molecule has 1 aromatic rings. The molecule has 5 atom stereocenters. The number of rotatable bonds is 6. The maximum absolute atomic E-state index is 15.5. The Morgan fingerprint density at radius 3 is 2.78 bits per heavy atom. The molecule has 27 heavy (non-hydrogen) atoms. The number of hydrogen-bond acceptors (Lipinski definition) is 9. The van der Waals surface area contributed by atoms with Crippen molar-refractivity contribution in [1.29, 1.82) is 0 Å². The van der Waals surface area contributed by atoms with E-state index in [1.165, 1.54) is 13.8 Å². The van der Waals surface area contributed by atoms with Crippen LogP contribution in [-0.2, 0) is 20.9 Å². The molecule has 1 aromatic heterocycles.